The van der Waals surface area contributed by atoms with Crippen molar-refractivity contribution in [2.75, 3.05) is 0 Å². The number of allylic oxidation sites excluding steroid dienone is 5. The summed E-state index contributed by atoms with van der Waals surface area (Å²) in [5, 5.41) is 0.588. The van der Waals surface area contributed by atoms with Gasteiger partial charge in [-0.3, -0.25) is 14.4 Å². The first-order chi connectivity index (χ1) is 12.5. The van der Waals surface area contributed by atoms with E-state index in [0.29, 0.717) is 16.5 Å². The molecule has 1 aromatic carbocycles. The van der Waals surface area contributed by atoms with E-state index in [1.807, 2.05) is 6.08 Å². The van der Waals surface area contributed by atoms with E-state index < -0.39 is 17.5 Å². The number of carbonyl (C=O) groups excluding carboxylic acids is 3. The molecule has 0 spiro atoms. The first-order valence-electron chi connectivity index (χ1n) is 8.91. The summed E-state index contributed by atoms with van der Waals surface area (Å²) < 4.78 is 0. The van der Waals surface area contributed by atoms with Crippen LogP contribution in [0.1, 0.15) is 46.4 Å². The van der Waals surface area contributed by atoms with Crippen LogP contribution in [0.25, 0.3) is 0 Å². The van der Waals surface area contributed by atoms with Gasteiger partial charge in [-0.2, -0.15) is 0 Å². The lowest BCUT2D eigenvalue weighted by atomic mass is 9.68. The van der Waals surface area contributed by atoms with Crippen LogP contribution in [0.5, 0.6) is 0 Å². The largest absolute Gasteiger partial charge is 0.293 e. The average Bonchev–Trinajstić information content (AvgIpc) is 2.67. The first kappa shape index (κ1) is 18.5. The van der Waals surface area contributed by atoms with E-state index in [1.54, 1.807) is 36.4 Å². The van der Waals surface area contributed by atoms with Crippen LogP contribution < -0.4 is 0 Å². The normalized spacial score (nSPS) is 26.9. The van der Waals surface area contributed by atoms with Gasteiger partial charge < -0.3 is 0 Å². The predicted molar refractivity (Wildman–Crippen MR) is 102 cm³/mol. The van der Waals surface area contributed by atoms with Crippen molar-refractivity contribution < 1.29 is 14.4 Å². The van der Waals surface area contributed by atoms with Gasteiger partial charge in [0.2, 0.25) is 11.6 Å². The third-order valence-electron chi connectivity index (χ3n) is 5.35. The van der Waals surface area contributed by atoms with E-state index >= 15 is 0 Å². The second-order valence-electron chi connectivity index (χ2n) is 6.90. The zero-order valence-corrected chi connectivity index (χ0v) is 15.2. The fourth-order valence-electron chi connectivity index (χ4n) is 3.93. The van der Waals surface area contributed by atoms with Crippen LogP contribution in [0.15, 0.2) is 60.2 Å². The van der Waals surface area contributed by atoms with Crippen LogP contribution in [0.3, 0.4) is 0 Å². The smallest absolute Gasteiger partial charge is 0.230 e. The van der Waals surface area contributed by atoms with Gasteiger partial charge in [-0.15, -0.1) is 0 Å². The number of hydrogen-bond acceptors (Lipinski definition) is 3. The summed E-state index contributed by atoms with van der Waals surface area (Å²) in [4.78, 5) is 37.7. The van der Waals surface area contributed by atoms with E-state index in [9.17, 15) is 14.4 Å². The second kappa shape index (κ2) is 7.96. The van der Waals surface area contributed by atoms with Crippen LogP contribution in [-0.4, -0.2) is 17.3 Å². The molecule has 2 aliphatic rings. The van der Waals surface area contributed by atoms with E-state index in [0.717, 1.165) is 25.7 Å². The predicted octanol–water partition coefficient (Wildman–Crippen LogP) is 4.92. The number of ketones is 3. The minimum absolute atomic E-state index is 0.0516. The van der Waals surface area contributed by atoms with Crippen LogP contribution in [0.2, 0.25) is 0 Å². The molecule has 4 heteroatoms. The number of Topliss-reactive ketones (excluding diaryl/α,β-unsaturated/α-hetero) is 3. The lowest BCUT2D eigenvalue weighted by molar-refractivity contribution is -0.119. The fourth-order valence-corrected chi connectivity index (χ4v) is 4.00. The molecule has 1 fully saturated rings. The molecule has 1 aromatic rings. The van der Waals surface area contributed by atoms with E-state index in [-0.39, 0.29) is 17.3 Å². The molecular formula is C22H21ClO3. The standard InChI is InChI=1S/C22H21ClO3/c1-2-16(23)7-5-6-14-10-12-15(13-11-14)19-20(24)17-8-3-4-9-18(17)21(25)22(19)26/h2-9,14-15,19H,1,10-13H2. The van der Waals surface area contributed by atoms with Crippen molar-refractivity contribution in [1.82, 2.24) is 0 Å². The SMILES string of the molecule is C=CC(Cl)=CC=CC1CCC(C2C(=O)C(=O)c3ccccc3C2=O)CC1. The number of carbonyl (C=O) groups is 3. The molecule has 0 amide bonds. The minimum atomic E-state index is -0.808. The van der Waals surface area contributed by atoms with E-state index in [4.69, 9.17) is 11.6 Å². The van der Waals surface area contributed by atoms with Crippen molar-refractivity contribution >= 4 is 29.0 Å². The Labute approximate surface area is 158 Å². The molecule has 3 nitrogen and oxygen atoms in total. The Morgan fingerprint density at radius 1 is 1.00 bits per heavy atom. The van der Waals surface area contributed by atoms with E-state index in [2.05, 4.69) is 12.7 Å². The minimum Gasteiger partial charge on any atom is -0.293 e. The Morgan fingerprint density at radius 3 is 2.31 bits per heavy atom. The maximum atomic E-state index is 12.8. The lowest BCUT2D eigenvalue weighted by Crippen LogP contribution is -2.42. The van der Waals surface area contributed by atoms with Gasteiger partial charge in [0.05, 0.1) is 5.92 Å². The van der Waals surface area contributed by atoms with Crippen LogP contribution in [0, 0.1) is 17.8 Å². The molecule has 1 atom stereocenters. The Morgan fingerprint density at radius 2 is 1.65 bits per heavy atom. The number of hydrogen-bond donors (Lipinski definition) is 0. The molecular weight excluding hydrogens is 348 g/mol. The van der Waals surface area contributed by atoms with Gasteiger partial charge in [0, 0.05) is 16.2 Å². The first-order valence-corrected chi connectivity index (χ1v) is 9.29. The summed E-state index contributed by atoms with van der Waals surface area (Å²) in [5.41, 5.74) is 0.648. The Kier molecular flexibility index (Phi) is 5.67. The summed E-state index contributed by atoms with van der Waals surface area (Å²) in [6.45, 7) is 3.60. The van der Waals surface area contributed by atoms with Crippen molar-refractivity contribution in [3.8, 4) is 0 Å². The molecule has 134 valence electrons. The molecule has 0 aliphatic heterocycles. The second-order valence-corrected chi connectivity index (χ2v) is 7.33. The molecule has 0 radical (unpaired) electrons. The zero-order chi connectivity index (χ0) is 18.7. The highest BCUT2D eigenvalue weighted by molar-refractivity contribution is 6.51. The molecule has 0 heterocycles. The lowest BCUT2D eigenvalue weighted by Gasteiger charge is -2.33. The Bertz CT molecular complexity index is 810. The summed E-state index contributed by atoms with van der Waals surface area (Å²) in [7, 11) is 0. The van der Waals surface area contributed by atoms with Gasteiger partial charge in [-0.25, -0.2) is 0 Å². The van der Waals surface area contributed by atoms with Crippen molar-refractivity contribution in [1.29, 1.82) is 0 Å². The Balaban J connectivity index is 1.70. The quantitative estimate of drug-likeness (QED) is 0.430. The average molecular weight is 369 g/mol. The monoisotopic (exact) mass is 368 g/mol. The van der Waals surface area contributed by atoms with Gasteiger partial charge >= 0.3 is 0 Å². The molecule has 1 unspecified atom stereocenters. The van der Waals surface area contributed by atoms with Crippen LogP contribution in [-0.2, 0) is 4.79 Å². The van der Waals surface area contributed by atoms with Crippen molar-refractivity contribution in [2.45, 2.75) is 25.7 Å². The van der Waals surface area contributed by atoms with Crippen molar-refractivity contribution in [3.05, 3.63) is 71.3 Å². The third kappa shape index (κ3) is 3.63. The Hall–Kier alpha value is -2.26. The summed E-state index contributed by atoms with van der Waals surface area (Å²) in [6, 6.07) is 6.63. The number of rotatable bonds is 4. The van der Waals surface area contributed by atoms with Crippen LogP contribution in [0.4, 0.5) is 0 Å². The van der Waals surface area contributed by atoms with Gasteiger partial charge in [-0.05, 0) is 43.6 Å². The maximum absolute atomic E-state index is 12.8. The van der Waals surface area contributed by atoms with E-state index in [1.165, 1.54) is 0 Å². The maximum Gasteiger partial charge on any atom is 0.230 e. The number of halogens is 1. The topological polar surface area (TPSA) is 51.2 Å². The molecule has 0 saturated heterocycles. The molecule has 2 aliphatic carbocycles. The highest BCUT2D eigenvalue weighted by atomic mass is 35.5. The summed E-state index contributed by atoms with van der Waals surface area (Å²) in [6.07, 6.45) is 10.7. The third-order valence-corrected chi connectivity index (χ3v) is 5.63. The molecule has 1 saturated carbocycles. The van der Waals surface area contributed by atoms with Crippen molar-refractivity contribution in [2.24, 2.45) is 17.8 Å². The summed E-state index contributed by atoms with van der Waals surface area (Å²) >= 11 is 5.88. The highest BCUT2D eigenvalue weighted by Gasteiger charge is 2.44. The summed E-state index contributed by atoms with van der Waals surface area (Å²) in [5.74, 6) is -1.70. The zero-order valence-electron chi connectivity index (χ0n) is 14.5. The van der Waals surface area contributed by atoms with Gasteiger partial charge in [0.15, 0.2) is 5.78 Å². The molecule has 0 N–H and O–H groups in total. The van der Waals surface area contributed by atoms with Crippen LogP contribution >= 0.6 is 11.6 Å². The highest BCUT2D eigenvalue weighted by Crippen LogP contribution is 2.38. The van der Waals surface area contributed by atoms with Gasteiger partial charge in [-0.1, -0.05) is 60.7 Å². The van der Waals surface area contributed by atoms with Crippen molar-refractivity contribution in [3.63, 3.8) is 0 Å². The fraction of sp³-hybridized carbons (Fsp3) is 0.318. The molecule has 0 bridgehead atoms. The van der Waals surface area contributed by atoms with Gasteiger partial charge in [0.1, 0.15) is 0 Å². The number of fused-ring (bicyclic) bond motifs is 1. The molecule has 26 heavy (non-hydrogen) atoms. The molecule has 3 rings (SSSR count). The molecule has 0 aromatic heterocycles. The van der Waals surface area contributed by atoms with Gasteiger partial charge in [0.25, 0.3) is 0 Å². The number of benzene rings is 1.